The molecule has 3 nitrogen and oxygen atoms in total. The van der Waals surface area contributed by atoms with Gasteiger partial charge in [0.2, 0.25) is 5.91 Å². The molecule has 0 bridgehead atoms. The van der Waals surface area contributed by atoms with E-state index in [1.165, 1.54) is 12.0 Å². The lowest BCUT2D eigenvalue weighted by atomic mass is 10.2. The molecule has 0 atom stereocenters. The SMILES string of the molecule is COCC(=O)N1CC(F)C1. The van der Waals surface area contributed by atoms with Gasteiger partial charge in [-0.05, 0) is 0 Å². The lowest BCUT2D eigenvalue weighted by Gasteiger charge is -2.33. The third kappa shape index (κ3) is 1.44. The van der Waals surface area contributed by atoms with Crippen LogP contribution in [0.5, 0.6) is 0 Å². The summed E-state index contributed by atoms with van der Waals surface area (Å²) in [4.78, 5) is 12.2. The van der Waals surface area contributed by atoms with Gasteiger partial charge in [-0.2, -0.15) is 0 Å². The normalized spacial score (nSPS) is 18.8. The van der Waals surface area contributed by atoms with Crippen molar-refractivity contribution in [3.8, 4) is 0 Å². The summed E-state index contributed by atoms with van der Waals surface area (Å²) in [5, 5.41) is 0. The molecule has 1 amide bonds. The van der Waals surface area contributed by atoms with E-state index in [4.69, 9.17) is 0 Å². The van der Waals surface area contributed by atoms with Gasteiger partial charge >= 0.3 is 0 Å². The van der Waals surface area contributed by atoms with Crippen molar-refractivity contribution in [2.75, 3.05) is 26.8 Å². The molecule has 0 radical (unpaired) electrons. The molecule has 1 fully saturated rings. The Bertz CT molecular complexity index is 134. The molecular weight excluding hydrogens is 137 g/mol. The van der Waals surface area contributed by atoms with E-state index in [-0.39, 0.29) is 25.6 Å². The van der Waals surface area contributed by atoms with Crippen LogP contribution in [0, 0.1) is 0 Å². The van der Waals surface area contributed by atoms with Gasteiger partial charge in [-0.3, -0.25) is 4.79 Å². The van der Waals surface area contributed by atoms with Crippen molar-refractivity contribution < 1.29 is 13.9 Å². The Morgan fingerprint density at radius 3 is 2.80 bits per heavy atom. The monoisotopic (exact) mass is 147 g/mol. The van der Waals surface area contributed by atoms with Crippen LogP contribution < -0.4 is 0 Å². The Hall–Kier alpha value is -0.640. The number of amides is 1. The molecule has 0 aromatic rings. The number of halogens is 1. The van der Waals surface area contributed by atoms with E-state index < -0.39 is 6.17 Å². The van der Waals surface area contributed by atoms with Crippen molar-refractivity contribution in [1.82, 2.24) is 4.90 Å². The van der Waals surface area contributed by atoms with Crippen LogP contribution in [0.3, 0.4) is 0 Å². The Morgan fingerprint density at radius 2 is 2.40 bits per heavy atom. The average molecular weight is 147 g/mol. The summed E-state index contributed by atoms with van der Waals surface area (Å²) in [7, 11) is 1.45. The molecule has 10 heavy (non-hydrogen) atoms. The van der Waals surface area contributed by atoms with Crippen molar-refractivity contribution in [1.29, 1.82) is 0 Å². The van der Waals surface area contributed by atoms with Crippen LogP contribution in [0.15, 0.2) is 0 Å². The lowest BCUT2D eigenvalue weighted by molar-refractivity contribution is -0.142. The number of carbonyl (C=O) groups is 1. The minimum atomic E-state index is -0.819. The molecule has 4 heteroatoms. The van der Waals surface area contributed by atoms with E-state index in [2.05, 4.69) is 4.74 Å². The Balaban J connectivity index is 2.18. The van der Waals surface area contributed by atoms with Gasteiger partial charge in [-0.25, -0.2) is 4.39 Å². The van der Waals surface area contributed by atoms with Crippen molar-refractivity contribution in [3.05, 3.63) is 0 Å². The number of hydrogen-bond acceptors (Lipinski definition) is 2. The summed E-state index contributed by atoms with van der Waals surface area (Å²) >= 11 is 0. The summed E-state index contributed by atoms with van der Waals surface area (Å²) in [6, 6.07) is 0. The zero-order valence-corrected chi connectivity index (χ0v) is 5.84. The van der Waals surface area contributed by atoms with Crippen LogP contribution in [0.25, 0.3) is 0 Å². The molecule has 0 spiro atoms. The first-order valence-electron chi connectivity index (χ1n) is 3.15. The van der Waals surface area contributed by atoms with Crippen LogP contribution in [-0.4, -0.2) is 43.8 Å². The smallest absolute Gasteiger partial charge is 0.248 e. The topological polar surface area (TPSA) is 29.5 Å². The first-order valence-corrected chi connectivity index (χ1v) is 3.15. The van der Waals surface area contributed by atoms with E-state index in [1.54, 1.807) is 0 Å². The van der Waals surface area contributed by atoms with Gasteiger partial charge in [0.1, 0.15) is 12.8 Å². The van der Waals surface area contributed by atoms with Crippen LogP contribution in [0.1, 0.15) is 0 Å². The second-order valence-corrected chi connectivity index (χ2v) is 2.33. The Kier molecular flexibility index (Phi) is 2.21. The quantitative estimate of drug-likeness (QED) is 0.542. The van der Waals surface area contributed by atoms with Crippen molar-refractivity contribution >= 4 is 5.91 Å². The summed E-state index contributed by atoms with van der Waals surface area (Å²) in [6.45, 7) is 0.539. The highest BCUT2D eigenvalue weighted by molar-refractivity contribution is 5.78. The lowest BCUT2D eigenvalue weighted by Crippen LogP contribution is -2.52. The molecule has 1 heterocycles. The zero-order valence-electron chi connectivity index (χ0n) is 5.84. The average Bonchev–Trinajstić information content (AvgIpc) is 1.82. The van der Waals surface area contributed by atoms with E-state index >= 15 is 0 Å². The molecule has 0 aromatic carbocycles. The molecule has 1 aliphatic heterocycles. The molecule has 0 aliphatic carbocycles. The fraction of sp³-hybridized carbons (Fsp3) is 0.833. The standard InChI is InChI=1S/C6H10FNO2/c1-10-4-6(9)8-2-5(7)3-8/h5H,2-4H2,1H3. The van der Waals surface area contributed by atoms with E-state index in [1.807, 2.05) is 0 Å². The first kappa shape index (κ1) is 7.47. The molecule has 1 rings (SSSR count). The summed E-state index contributed by atoms with van der Waals surface area (Å²) in [5.74, 6) is -0.128. The molecule has 1 saturated heterocycles. The number of hydrogen-bond donors (Lipinski definition) is 0. The van der Waals surface area contributed by atoms with Gasteiger partial charge < -0.3 is 9.64 Å². The molecule has 0 N–H and O–H groups in total. The van der Waals surface area contributed by atoms with Crippen LogP contribution >= 0.6 is 0 Å². The zero-order chi connectivity index (χ0) is 7.56. The predicted octanol–water partition coefficient (Wildman–Crippen LogP) is -0.187. The maximum atomic E-state index is 12.1. The van der Waals surface area contributed by atoms with E-state index in [9.17, 15) is 9.18 Å². The second kappa shape index (κ2) is 2.96. The highest BCUT2D eigenvalue weighted by Crippen LogP contribution is 2.10. The summed E-state index contributed by atoms with van der Waals surface area (Å²) in [6.07, 6.45) is -0.819. The van der Waals surface area contributed by atoms with Gasteiger partial charge in [0.15, 0.2) is 0 Å². The fourth-order valence-electron chi connectivity index (χ4n) is 0.843. The molecule has 1 aliphatic rings. The summed E-state index contributed by atoms with van der Waals surface area (Å²) in [5.41, 5.74) is 0. The third-order valence-corrected chi connectivity index (χ3v) is 1.46. The minimum absolute atomic E-state index is 0.0622. The van der Waals surface area contributed by atoms with Crippen LogP contribution in [0.2, 0.25) is 0 Å². The van der Waals surface area contributed by atoms with Gasteiger partial charge in [-0.1, -0.05) is 0 Å². The molecular formula is C6H10FNO2. The molecule has 58 valence electrons. The second-order valence-electron chi connectivity index (χ2n) is 2.33. The number of nitrogens with zero attached hydrogens (tertiary/aromatic N) is 1. The number of ether oxygens (including phenoxy) is 1. The third-order valence-electron chi connectivity index (χ3n) is 1.46. The summed E-state index contributed by atoms with van der Waals surface area (Å²) < 4.78 is 16.7. The van der Waals surface area contributed by atoms with Crippen molar-refractivity contribution in [2.45, 2.75) is 6.17 Å². The largest absolute Gasteiger partial charge is 0.375 e. The number of alkyl halides is 1. The predicted molar refractivity (Wildman–Crippen MR) is 33.4 cm³/mol. The molecule has 0 unspecified atom stereocenters. The maximum absolute atomic E-state index is 12.1. The fourth-order valence-corrected chi connectivity index (χ4v) is 0.843. The molecule has 0 saturated carbocycles. The maximum Gasteiger partial charge on any atom is 0.248 e. The minimum Gasteiger partial charge on any atom is -0.375 e. The van der Waals surface area contributed by atoms with E-state index in [0.29, 0.717) is 0 Å². The van der Waals surface area contributed by atoms with Crippen LogP contribution in [-0.2, 0) is 9.53 Å². The van der Waals surface area contributed by atoms with E-state index in [0.717, 1.165) is 0 Å². The van der Waals surface area contributed by atoms with Gasteiger partial charge in [0, 0.05) is 7.11 Å². The molecule has 0 aromatic heterocycles. The number of carbonyl (C=O) groups excluding carboxylic acids is 1. The van der Waals surface area contributed by atoms with Gasteiger partial charge in [-0.15, -0.1) is 0 Å². The number of methoxy groups -OCH3 is 1. The van der Waals surface area contributed by atoms with Crippen molar-refractivity contribution in [3.63, 3.8) is 0 Å². The number of likely N-dealkylation sites (tertiary alicyclic amines) is 1. The Labute approximate surface area is 58.8 Å². The van der Waals surface area contributed by atoms with Crippen LogP contribution in [0.4, 0.5) is 4.39 Å². The van der Waals surface area contributed by atoms with Gasteiger partial charge in [0.25, 0.3) is 0 Å². The highest BCUT2D eigenvalue weighted by atomic mass is 19.1. The number of rotatable bonds is 2. The first-order chi connectivity index (χ1) is 4.74. The highest BCUT2D eigenvalue weighted by Gasteiger charge is 2.29. The Morgan fingerprint density at radius 1 is 1.80 bits per heavy atom. The van der Waals surface area contributed by atoms with Gasteiger partial charge in [0.05, 0.1) is 13.1 Å². The van der Waals surface area contributed by atoms with Crippen molar-refractivity contribution in [2.24, 2.45) is 0 Å².